The number of carbonyl (C=O) groups is 8. The minimum absolute atomic E-state index is 0.126. The quantitative estimate of drug-likeness (QED) is 0.0126. The van der Waals surface area contributed by atoms with E-state index in [2.05, 4.69) is 28.6 Å². The van der Waals surface area contributed by atoms with Gasteiger partial charge in [-0.3, -0.25) is 24.0 Å². The number of nitrogens with one attached hydrogen (secondary N) is 3. The molecule has 39 nitrogen and oxygen atoms in total. The van der Waals surface area contributed by atoms with Gasteiger partial charge in [-0.05, 0) is 19.1 Å². The normalized spacial score (nSPS) is 38.4. The molecule has 6 fully saturated rings. The lowest BCUT2D eigenvalue weighted by Gasteiger charge is -2.46. The van der Waals surface area contributed by atoms with Crippen molar-refractivity contribution in [1.82, 2.24) is 16.0 Å². The third-order valence-corrected chi connectivity index (χ3v) is 17.8. The number of carboxylic acid groups (broad SMARTS) is 3. The number of rotatable bonds is 33. The summed E-state index contributed by atoms with van der Waals surface area (Å²) in [5, 5.41) is 117. The summed E-state index contributed by atoms with van der Waals surface area (Å²) in [6, 6.07) is -4.16. The summed E-state index contributed by atoms with van der Waals surface area (Å²) >= 11 is 5.56. The van der Waals surface area contributed by atoms with Gasteiger partial charge in [0, 0.05) is 57.6 Å². The van der Waals surface area contributed by atoms with Crippen molar-refractivity contribution < 1.29 is 171 Å². The molecular formula is C56H90N4O35S2. The van der Waals surface area contributed by atoms with Crippen LogP contribution in [-0.4, -0.2) is 314 Å². The van der Waals surface area contributed by atoms with Gasteiger partial charge in [0.1, 0.15) is 105 Å². The van der Waals surface area contributed by atoms with Crippen LogP contribution < -0.4 is 21.7 Å². The first-order valence-corrected chi connectivity index (χ1v) is 32.8. The second-order valence-corrected chi connectivity index (χ2v) is 25.7. The van der Waals surface area contributed by atoms with E-state index in [0.29, 0.717) is 17.9 Å². The predicted molar refractivity (Wildman–Crippen MR) is 318 cm³/mol. The van der Waals surface area contributed by atoms with E-state index in [0.717, 1.165) is 20.8 Å². The van der Waals surface area contributed by atoms with Crippen molar-refractivity contribution in [2.45, 2.75) is 246 Å². The van der Waals surface area contributed by atoms with Gasteiger partial charge < -0.3 is 125 Å². The Morgan fingerprint density at radius 3 is 1.28 bits per heavy atom. The van der Waals surface area contributed by atoms with Crippen molar-refractivity contribution in [3.63, 3.8) is 0 Å². The SMILES string of the molecule is COO[C@H]1C[C@H](NC(C)=O)[C@H](O[C@H]2C(C(=O)O)OC(OO[C@H]3CC(NC(C)=O)C(O[C@H]4C(C(=O)O)OC(OO[C@H]5C[C@H](NC(C)=O)[C@H](O[C@H]6C(C(=O)O)OC(C)C(O)C6O)O[C@H]5COC(=O)[C@@H](C)CSC[C@@H](N)CCS)C(O)C4O)O[C@H]3COC(=O)C(C)C)C(O)C2O)O[C@H]1CO. The highest BCUT2D eigenvalue weighted by molar-refractivity contribution is 7.99. The van der Waals surface area contributed by atoms with Crippen molar-refractivity contribution in [2.75, 3.05) is 44.2 Å². The topological polar surface area (TPSA) is 558 Å². The number of aliphatic hydroxyl groups excluding tert-OH is 7. The van der Waals surface area contributed by atoms with Gasteiger partial charge in [-0.2, -0.15) is 24.4 Å². The van der Waals surface area contributed by atoms with Crippen molar-refractivity contribution >= 4 is 72.0 Å². The van der Waals surface area contributed by atoms with E-state index < -0.39 is 258 Å². The van der Waals surface area contributed by atoms with E-state index in [1.807, 2.05) is 0 Å². The molecule has 6 aliphatic heterocycles. The van der Waals surface area contributed by atoms with E-state index in [-0.39, 0.29) is 18.2 Å². The molecule has 556 valence electrons. The number of nitrogens with two attached hydrogens (primary N) is 1. The summed E-state index contributed by atoms with van der Waals surface area (Å²) in [4.78, 5) is 134. The Balaban J connectivity index is 1.20. The van der Waals surface area contributed by atoms with Crippen LogP contribution in [0, 0.1) is 11.8 Å². The van der Waals surface area contributed by atoms with Gasteiger partial charge in [-0.25, -0.2) is 43.7 Å². The maximum absolute atomic E-state index is 13.4. The number of aliphatic carboxylic acids is 3. The zero-order valence-electron chi connectivity index (χ0n) is 54.0. The molecule has 3 amide bonds. The van der Waals surface area contributed by atoms with E-state index in [1.165, 1.54) is 39.6 Å². The number of aliphatic hydroxyl groups is 7. The fourth-order valence-electron chi connectivity index (χ4n) is 11.0. The largest absolute Gasteiger partial charge is 0.479 e. The van der Waals surface area contributed by atoms with Crippen LogP contribution in [-0.2, 0) is 120 Å². The van der Waals surface area contributed by atoms with Crippen molar-refractivity contribution in [3.05, 3.63) is 0 Å². The van der Waals surface area contributed by atoms with Crippen LogP contribution in [0.5, 0.6) is 0 Å². The third-order valence-electron chi connectivity index (χ3n) is 16.1. The summed E-state index contributed by atoms with van der Waals surface area (Å²) in [6.45, 7) is 7.03. The van der Waals surface area contributed by atoms with Crippen LogP contribution in [0.1, 0.15) is 74.1 Å². The van der Waals surface area contributed by atoms with Gasteiger partial charge in [0.2, 0.25) is 30.3 Å². The predicted octanol–water partition coefficient (Wildman–Crippen LogP) is -6.01. The highest BCUT2D eigenvalue weighted by atomic mass is 32.2. The molecule has 41 heteroatoms. The first-order valence-electron chi connectivity index (χ1n) is 31.0. The Morgan fingerprint density at radius 1 is 0.526 bits per heavy atom. The molecule has 29 atom stereocenters. The summed E-state index contributed by atoms with van der Waals surface area (Å²) in [6.07, 6.45) is -44.8. The summed E-state index contributed by atoms with van der Waals surface area (Å²) < 4.78 is 63.7. The molecule has 0 spiro atoms. The average molecular weight is 1440 g/mol. The molecule has 6 aliphatic rings. The maximum Gasteiger partial charge on any atom is 0.335 e. The molecule has 6 heterocycles. The average Bonchev–Trinajstić information content (AvgIpc) is 0.795. The van der Waals surface area contributed by atoms with E-state index in [9.17, 15) is 89.4 Å². The van der Waals surface area contributed by atoms with Crippen LogP contribution in [0.15, 0.2) is 0 Å². The molecule has 0 aliphatic carbocycles. The molecule has 0 aromatic carbocycles. The number of thiol groups is 1. The molecule has 0 aromatic rings. The number of thioether (sulfide) groups is 1. The molecule has 97 heavy (non-hydrogen) atoms. The number of hydrogen-bond donors (Lipinski definition) is 15. The molecule has 15 N–H and O–H groups in total. The smallest absolute Gasteiger partial charge is 0.335 e. The first kappa shape index (κ1) is 81.5. The molecule has 0 bridgehead atoms. The van der Waals surface area contributed by atoms with E-state index in [4.69, 9.17) is 87.2 Å². The van der Waals surface area contributed by atoms with Gasteiger partial charge in [0.25, 0.3) is 0 Å². The first-order chi connectivity index (χ1) is 45.8. The molecule has 14 unspecified atom stereocenters. The number of carbonyl (C=O) groups excluding carboxylic acids is 5. The minimum atomic E-state index is -2.34. The number of ether oxygens (including phenoxy) is 11. The summed E-state index contributed by atoms with van der Waals surface area (Å²) in [5.74, 6) is -9.10. The molecule has 6 saturated heterocycles. The fraction of sp³-hybridized carbons (Fsp3) is 0.857. The maximum atomic E-state index is 13.4. The van der Waals surface area contributed by atoms with Crippen LogP contribution in [0.25, 0.3) is 0 Å². The molecule has 6 rings (SSSR count). The standard InChI is InChI=1S/C56H90N4O35S2/c1-19(2)50(77)80-15-33-30(92-94-55-39(69)37(67)42(45(89-55)48(73)74)87-52-26(58-22(5)62)11-29(91-79-8)32(14-61)83-52)12-28(60-24(7)64)54(84-33)88-43-38(68)40(70)56(90-46(43)49(75)76)95-93-31-13-27(59-23(6)63)53(86-41-36(66)35(65)21(4)82-44(41)47(71)72)85-34(31)16-81-51(78)20(3)17-97-18-25(57)9-10-96/h19-21,25-46,52-56,61,65-70,96H,9-18,57H2,1-8H3,(H,58,62)(H,59,63)(H,60,64)(H,71,72)(H,73,74)(H,75,76)/t20-,21?,25-,26-,27-,28?,29-,30-,31-,32-,33-,34-,35?,36?,37?,38?,39?,40?,41+,42+,43+,44?,45?,46?,52-,53-,54?,55?,56?/m0/s1. The van der Waals surface area contributed by atoms with Crippen LogP contribution in [0.2, 0.25) is 0 Å². The highest BCUT2D eigenvalue weighted by Crippen LogP contribution is 2.37. The van der Waals surface area contributed by atoms with Crippen LogP contribution in [0.4, 0.5) is 0 Å². The molecule has 0 saturated carbocycles. The zero-order chi connectivity index (χ0) is 71.9. The van der Waals surface area contributed by atoms with Crippen LogP contribution >= 0.6 is 24.4 Å². The lowest BCUT2D eigenvalue weighted by atomic mass is 9.94. The monoisotopic (exact) mass is 1440 g/mol. The van der Waals surface area contributed by atoms with Gasteiger partial charge in [-0.1, -0.05) is 20.8 Å². The number of amides is 3. The zero-order valence-corrected chi connectivity index (χ0v) is 55.7. The van der Waals surface area contributed by atoms with E-state index >= 15 is 0 Å². The second-order valence-electron chi connectivity index (χ2n) is 24.2. The molecule has 0 radical (unpaired) electrons. The molecule has 0 aromatic heterocycles. The minimum Gasteiger partial charge on any atom is -0.479 e. The Bertz CT molecular complexity index is 2590. The Hall–Kier alpha value is -4.46. The van der Waals surface area contributed by atoms with Gasteiger partial charge in [-0.15, -0.1) is 0 Å². The van der Waals surface area contributed by atoms with Crippen molar-refractivity contribution in [2.24, 2.45) is 17.6 Å². The molecular weight excluding hydrogens is 1350 g/mol. The van der Waals surface area contributed by atoms with Gasteiger partial charge in [0.05, 0.1) is 49.8 Å². The fourth-order valence-corrected chi connectivity index (χ4v) is 12.4. The lowest BCUT2D eigenvalue weighted by molar-refractivity contribution is -0.461. The Kier molecular flexibility index (Phi) is 31.9. The number of esters is 2. The van der Waals surface area contributed by atoms with Crippen molar-refractivity contribution in [3.8, 4) is 0 Å². The summed E-state index contributed by atoms with van der Waals surface area (Å²) in [5.41, 5.74) is 6.09. The Morgan fingerprint density at radius 2 is 0.907 bits per heavy atom. The van der Waals surface area contributed by atoms with Gasteiger partial charge >= 0.3 is 29.8 Å². The Labute approximate surface area is 564 Å². The number of carboxylic acids is 3. The van der Waals surface area contributed by atoms with E-state index in [1.54, 1.807) is 6.92 Å². The third kappa shape index (κ3) is 22.3. The van der Waals surface area contributed by atoms with Crippen LogP contribution in [0.3, 0.4) is 0 Å². The lowest BCUT2D eigenvalue weighted by Crippen LogP contribution is -2.65. The highest BCUT2D eigenvalue weighted by Gasteiger charge is 2.57. The van der Waals surface area contributed by atoms with Gasteiger partial charge in [0.15, 0.2) is 37.2 Å². The summed E-state index contributed by atoms with van der Waals surface area (Å²) in [7, 11) is 1.18. The van der Waals surface area contributed by atoms with Crippen molar-refractivity contribution in [1.29, 1.82) is 0 Å². The second kappa shape index (κ2) is 38.0. The number of hydrogen-bond acceptors (Lipinski definition) is 35.